The Bertz CT molecular complexity index is 1540. The van der Waals surface area contributed by atoms with E-state index in [0.29, 0.717) is 31.9 Å². The van der Waals surface area contributed by atoms with Gasteiger partial charge in [-0.3, -0.25) is 5.43 Å². The largest absolute Gasteiger partial charge is 0.423 e. The van der Waals surface area contributed by atoms with Gasteiger partial charge in [0.25, 0.3) is 0 Å². The Morgan fingerprint density at radius 3 is 1.97 bits per heavy atom. The lowest BCUT2D eigenvalue weighted by atomic mass is 10.2. The van der Waals surface area contributed by atoms with Crippen LogP contribution >= 0.6 is 47.0 Å². The van der Waals surface area contributed by atoms with Crippen molar-refractivity contribution in [2.45, 2.75) is 0 Å². The molecular weight excluding hydrogens is 581 g/mol. The van der Waals surface area contributed by atoms with E-state index in [1.54, 1.807) is 66.7 Å². The van der Waals surface area contributed by atoms with Gasteiger partial charge >= 0.3 is 11.9 Å². The summed E-state index contributed by atoms with van der Waals surface area (Å²) in [6.07, 6.45) is 1.40. The van der Waals surface area contributed by atoms with Gasteiger partial charge in [0.15, 0.2) is 5.11 Å². The third-order valence-corrected chi connectivity index (χ3v) is 5.94. The van der Waals surface area contributed by atoms with Crippen LogP contribution in [0, 0.1) is 0 Å². The lowest BCUT2D eigenvalue weighted by Gasteiger charge is -2.11. The third-order valence-electron chi connectivity index (χ3n) is 5.01. The van der Waals surface area contributed by atoms with E-state index in [0.717, 1.165) is 0 Å². The Labute approximate surface area is 244 Å². The summed E-state index contributed by atoms with van der Waals surface area (Å²) in [6, 6.07) is 24.0. The number of carbonyl (C=O) groups excluding carboxylic acids is 2. The highest BCUT2D eigenvalue weighted by molar-refractivity contribution is 7.80. The minimum atomic E-state index is -0.645. The van der Waals surface area contributed by atoms with E-state index in [9.17, 15) is 9.59 Å². The van der Waals surface area contributed by atoms with Gasteiger partial charge in [0.1, 0.15) is 11.5 Å². The molecule has 4 rings (SSSR count). The number of nitrogens with zero attached hydrogens (tertiary/aromatic N) is 1. The summed E-state index contributed by atoms with van der Waals surface area (Å²) in [5, 5.41) is 8.80. The van der Waals surface area contributed by atoms with Crippen LogP contribution in [-0.2, 0) is 0 Å². The predicted octanol–water partition coefficient (Wildman–Crippen LogP) is 7.41. The SMILES string of the molecule is O=C(Oc1ccc(/C=N\NC(=S)Nc2cccc(Cl)c2)c(OC(=O)c2ccc(Cl)cc2)c1)c1ccc(Cl)cc1. The zero-order valence-electron chi connectivity index (χ0n) is 19.9. The van der Waals surface area contributed by atoms with Gasteiger partial charge in [-0.15, -0.1) is 0 Å². The van der Waals surface area contributed by atoms with Crippen molar-refractivity contribution >= 4 is 76.0 Å². The summed E-state index contributed by atoms with van der Waals surface area (Å²) in [6.45, 7) is 0. The minimum absolute atomic E-state index is 0.0932. The Morgan fingerprint density at radius 1 is 0.744 bits per heavy atom. The molecule has 0 spiro atoms. The number of thiocarbonyl (C=S) groups is 1. The molecule has 0 aromatic heterocycles. The molecule has 39 heavy (non-hydrogen) atoms. The number of ether oxygens (including phenoxy) is 2. The molecule has 4 aromatic carbocycles. The number of carbonyl (C=O) groups is 2. The zero-order valence-corrected chi connectivity index (χ0v) is 22.9. The minimum Gasteiger partial charge on any atom is -0.423 e. The van der Waals surface area contributed by atoms with Crippen molar-refractivity contribution in [3.8, 4) is 11.5 Å². The fraction of sp³-hybridized carbons (Fsp3) is 0. The Balaban J connectivity index is 1.52. The molecule has 4 aromatic rings. The Kier molecular flexibility index (Phi) is 9.51. The van der Waals surface area contributed by atoms with Crippen LogP contribution in [0.4, 0.5) is 5.69 Å². The third kappa shape index (κ3) is 8.27. The number of nitrogens with one attached hydrogen (secondary N) is 2. The number of rotatable bonds is 7. The van der Waals surface area contributed by atoms with Gasteiger partial charge in [-0.25, -0.2) is 9.59 Å². The van der Waals surface area contributed by atoms with Gasteiger partial charge in [0.2, 0.25) is 0 Å². The second-order valence-electron chi connectivity index (χ2n) is 7.83. The molecule has 0 atom stereocenters. The van der Waals surface area contributed by atoms with Gasteiger partial charge in [-0.05, 0) is 91.1 Å². The van der Waals surface area contributed by atoms with E-state index < -0.39 is 11.9 Å². The molecule has 0 radical (unpaired) electrons. The van der Waals surface area contributed by atoms with E-state index in [-0.39, 0.29) is 22.2 Å². The first-order chi connectivity index (χ1) is 18.8. The number of benzene rings is 4. The molecule has 0 saturated carbocycles. The smallest absolute Gasteiger partial charge is 0.343 e. The van der Waals surface area contributed by atoms with Crippen LogP contribution in [0.1, 0.15) is 26.3 Å². The summed E-state index contributed by atoms with van der Waals surface area (Å²) < 4.78 is 11.1. The number of hydrogen-bond acceptors (Lipinski definition) is 6. The van der Waals surface area contributed by atoms with Crippen molar-refractivity contribution in [3.05, 3.63) is 123 Å². The van der Waals surface area contributed by atoms with Crippen LogP contribution < -0.4 is 20.2 Å². The molecule has 2 N–H and O–H groups in total. The second kappa shape index (κ2) is 13.2. The Hall–Kier alpha value is -3.95. The van der Waals surface area contributed by atoms with E-state index in [4.69, 9.17) is 56.5 Å². The monoisotopic (exact) mass is 597 g/mol. The average molecular weight is 599 g/mol. The zero-order chi connectivity index (χ0) is 27.8. The van der Waals surface area contributed by atoms with Gasteiger partial charge in [-0.2, -0.15) is 5.10 Å². The van der Waals surface area contributed by atoms with E-state index in [1.807, 2.05) is 0 Å². The highest BCUT2D eigenvalue weighted by Crippen LogP contribution is 2.26. The summed E-state index contributed by atoms with van der Waals surface area (Å²) in [7, 11) is 0. The molecule has 0 aliphatic heterocycles. The van der Waals surface area contributed by atoms with Crippen LogP contribution in [0.5, 0.6) is 11.5 Å². The van der Waals surface area contributed by atoms with E-state index in [2.05, 4.69) is 15.8 Å². The number of hydrazone groups is 1. The quantitative estimate of drug-likeness (QED) is 0.0753. The maximum atomic E-state index is 12.8. The lowest BCUT2D eigenvalue weighted by molar-refractivity contribution is 0.0732. The molecular formula is C28H18Cl3N3O4S. The fourth-order valence-electron chi connectivity index (χ4n) is 3.16. The van der Waals surface area contributed by atoms with Crippen LogP contribution in [-0.4, -0.2) is 23.3 Å². The normalized spacial score (nSPS) is 10.6. The van der Waals surface area contributed by atoms with Crippen molar-refractivity contribution in [1.29, 1.82) is 0 Å². The van der Waals surface area contributed by atoms with Crippen molar-refractivity contribution in [3.63, 3.8) is 0 Å². The number of halogens is 3. The fourth-order valence-corrected chi connectivity index (χ4v) is 3.77. The van der Waals surface area contributed by atoms with Gasteiger partial charge in [0, 0.05) is 32.4 Å². The van der Waals surface area contributed by atoms with Crippen molar-refractivity contribution in [2.75, 3.05) is 5.32 Å². The van der Waals surface area contributed by atoms with Gasteiger partial charge in [0.05, 0.1) is 17.3 Å². The molecule has 11 heteroatoms. The highest BCUT2D eigenvalue weighted by Gasteiger charge is 2.15. The average Bonchev–Trinajstić information content (AvgIpc) is 2.90. The number of hydrogen-bond donors (Lipinski definition) is 2. The van der Waals surface area contributed by atoms with Crippen molar-refractivity contribution in [1.82, 2.24) is 5.43 Å². The standard InChI is InChI=1S/C28H18Cl3N3O4S/c29-20-9-4-17(5-10-20)26(35)37-24-13-8-19(16-32-34-28(39)33-23-3-1-2-22(31)14-23)25(15-24)38-27(36)18-6-11-21(30)12-7-18/h1-16H,(H2,33,34,39)/b32-16-. The van der Waals surface area contributed by atoms with Crippen LogP contribution in [0.3, 0.4) is 0 Å². The molecule has 7 nitrogen and oxygen atoms in total. The highest BCUT2D eigenvalue weighted by atomic mass is 35.5. The van der Waals surface area contributed by atoms with Gasteiger partial charge < -0.3 is 14.8 Å². The molecule has 0 fully saturated rings. The maximum absolute atomic E-state index is 12.8. The first-order valence-electron chi connectivity index (χ1n) is 11.2. The van der Waals surface area contributed by atoms with Crippen LogP contribution in [0.25, 0.3) is 0 Å². The predicted molar refractivity (Wildman–Crippen MR) is 158 cm³/mol. The van der Waals surface area contributed by atoms with E-state index >= 15 is 0 Å². The molecule has 0 aliphatic rings. The second-order valence-corrected chi connectivity index (χ2v) is 9.54. The Morgan fingerprint density at radius 2 is 1.36 bits per heavy atom. The number of esters is 2. The molecule has 0 aliphatic carbocycles. The lowest BCUT2D eigenvalue weighted by Crippen LogP contribution is -2.23. The summed E-state index contributed by atoms with van der Waals surface area (Å²) >= 11 is 23.0. The summed E-state index contributed by atoms with van der Waals surface area (Å²) in [5.41, 5.74) is 4.34. The summed E-state index contributed by atoms with van der Waals surface area (Å²) in [4.78, 5) is 25.4. The van der Waals surface area contributed by atoms with Gasteiger partial charge in [-0.1, -0.05) is 40.9 Å². The maximum Gasteiger partial charge on any atom is 0.343 e. The molecule has 0 amide bonds. The van der Waals surface area contributed by atoms with Crippen molar-refractivity contribution < 1.29 is 19.1 Å². The molecule has 0 heterocycles. The summed E-state index contributed by atoms with van der Waals surface area (Å²) in [5.74, 6) is -1.01. The first kappa shape index (κ1) is 28.1. The number of anilines is 1. The van der Waals surface area contributed by atoms with Crippen molar-refractivity contribution in [2.24, 2.45) is 5.10 Å². The van der Waals surface area contributed by atoms with E-state index in [1.165, 1.54) is 30.5 Å². The first-order valence-corrected chi connectivity index (χ1v) is 12.8. The molecule has 196 valence electrons. The topological polar surface area (TPSA) is 89.0 Å². The van der Waals surface area contributed by atoms with Crippen LogP contribution in [0.2, 0.25) is 15.1 Å². The molecule has 0 saturated heterocycles. The van der Waals surface area contributed by atoms with Crippen LogP contribution in [0.15, 0.2) is 96.1 Å². The molecule has 0 bridgehead atoms. The molecule has 0 unspecified atom stereocenters.